The minimum Gasteiger partial charge on any atom is -0.295 e. The molecule has 0 heterocycles. The molecule has 0 aromatic rings. The van der Waals surface area contributed by atoms with Crippen LogP contribution in [-0.4, -0.2) is 5.78 Å². The summed E-state index contributed by atoms with van der Waals surface area (Å²) in [7, 11) is 0. The molecule has 0 aliphatic heterocycles. The van der Waals surface area contributed by atoms with Gasteiger partial charge in [-0.2, -0.15) is 0 Å². The van der Waals surface area contributed by atoms with Gasteiger partial charge < -0.3 is 0 Å². The van der Waals surface area contributed by atoms with E-state index in [0.717, 1.165) is 19.3 Å². The number of carbonyl (C=O) groups excluding carboxylic acids is 1. The summed E-state index contributed by atoms with van der Waals surface area (Å²) < 4.78 is 0. The topological polar surface area (TPSA) is 17.1 Å². The number of hydrogen-bond donors (Lipinski definition) is 0. The van der Waals surface area contributed by atoms with Gasteiger partial charge in [-0.3, -0.25) is 4.79 Å². The Labute approximate surface area is 133 Å². The minimum atomic E-state index is 0.324. The van der Waals surface area contributed by atoms with E-state index in [1.807, 2.05) is 26.8 Å². The molecular weight excluding hydrogens is 256 g/mol. The summed E-state index contributed by atoms with van der Waals surface area (Å²) in [4.78, 5) is 11.4. The van der Waals surface area contributed by atoms with E-state index >= 15 is 0 Å². The van der Waals surface area contributed by atoms with Crippen LogP contribution < -0.4 is 0 Å². The van der Waals surface area contributed by atoms with Crippen LogP contribution in [0, 0.1) is 5.92 Å². The fraction of sp³-hybridized carbons (Fsp3) is 0.750. The lowest BCUT2D eigenvalue weighted by Crippen LogP contribution is -1.94. The summed E-state index contributed by atoms with van der Waals surface area (Å²) in [5, 5.41) is 0. The first kappa shape index (κ1) is 22.4. The molecule has 0 spiro atoms. The van der Waals surface area contributed by atoms with Gasteiger partial charge in [-0.05, 0) is 44.6 Å². The molecule has 1 fully saturated rings. The third-order valence-corrected chi connectivity index (χ3v) is 3.45. The molecule has 0 bridgehead atoms. The molecule has 1 nitrogen and oxygen atoms in total. The Balaban J connectivity index is 0. The monoisotopic (exact) mass is 294 g/mol. The fourth-order valence-corrected chi connectivity index (χ4v) is 2.26. The molecule has 0 amide bonds. The first-order valence-electron chi connectivity index (χ1n) is 9.06. The third kappa shape index (κ3) is 17.1. The fourth-order valence-electron chi connectivity index (χ4n) is 2.26. The third-order valence-electron chi connectivity index (χ3n) is 3.45. The number of hydrogen-bond acceptors (Lipinski definition) is 1. The lowest BCUT2D eigenvalue weighted by atomic mass is 10.1. The van der Waals surface area contributed by atoms with Gasteiger partial charge >= 0.3 is 0 Å². The van der Waals surface area contributed by atoms with Crippen molar-refractivity contribution < 1.29 is 4.79 Å². The normalized spacial score (nSPS) is 14.7. The zero-order valence-electron chi connectivity index (χ0n) is 15.2. The Bertz CT molecular complexity index is 257. The maximum atomic E-state index is 11.4. The van der Waals surface area contributed by atoms with E-state index in [4.69, 9.17) is 0 Å². The lowest BCUT2D eigenvalue weighted by Gasteiger charge is -1.99. The van der Waals surface area contributed by atoms with Crippen LogP contribution in [0.5, 0.6) is 0 Å². The average Bonchev–Trinajstić information content (AvgIpc) is 3.02. The predicted octanol–water partition coefficient (Wildman–Crippen LogP) is 6.88. The van der Waals surface area contributed by atoms with Crippen molar-refractivity contribution in [3.8, 4) is 0 Å². The van der Waals surface area contributed by atoms with Gasteiger partial charge in [0.25, 0.3) is 0 Å². The van der Waals surface area contributed by atoms with Crippen molar-refractivity contribution in [2.75, 3.05) is 0 Å². The Morgan fingerprint density at radius 3 is 2.14 bits per heavy atom. The number of carbonyl (C=O) groups is 1. The van der Waals surface area contributed by atoms with Gasteiger partial charge in [0.15, 0.2) is 5.78 Å². The summed E-state index contributed by atoms with van der Waals surface area (Å²) >= 11 is 0. The first-order chi connectivity index (χ1) is 10.2. The highest BCUT2D eigenvalue weighted by molar-refractivity contribution is 5.89. The van der Waals surface area contributed by atoms with Crippen LogP contribution in [0.25, 0.3) is 0 Å². The maximum Gasteiger partial charge on any atom is 0.155 e. The molecule has 1 saturated carbocycles. The highest BCUT2D eigenvalue weighted by atomic mass is 16.1. The molecule has 0 aromatic heterocycles. The SMILES string of the molecule is C/C=C\CC.CC.CCCCCC(=O)/C=C/C1CCCC1. The molecule has 124 valence electrons. The van der Waals surface area contributed by atoms with Crippen molar-refractivity contribution in [2.45, 2.75) is 92.4 Å². The summed E-state index contributed by atoms with van der Waals surface area (Å²) in [5.41, 5.74) is 0. The molecule has 1 rings (SSSR count). The average molecular weight is 295 g/mol. The smallest absolute Gasteiger partial charge is 0.155 e. The van der Waals surface area contributed by atoms with Crippen LogP contribution in [-0.2, 0) is 4.79 Å². The van der Waals surface area contributed by atoms with Crippen molar-refractivity contribution in [1.29, 1.82) is 0 Å². The highest BCUT2D eigenvalue weighted by Gasteiger charge is 2.11. The van der Waals surface area contributed by atoms with Crippen LogP contribution >= 0.6 is 0 Å². The van der Waals surface area contributed by atoms with E-state index in [-0.39, 0.29) is 0 Å². The standard InChI is InChI=1S/C13H22O.C5H10.C2H6/c1-2-3-4-9-13(14)11-10-12-7-5-6-8-12;1-3-5-4-2;1-2/h10-12H,2-9H2,1H3;3,5H,4H2,1-2H3;1-2H3/b11-10+;5-3-;. The second-order valence-corrected chi connectivity index (χ2v) is 5.30. The van der Waals surface area contributed by atoms with Crippen molar-refractivity contribution in [3.05, 3.63) is 24.3 Å². The number of ketones is 1. The van der Waals surface area contributed by atoms with Crippen LogP contribution in [0.4, 0.5) is 0 Å². The van der Waals surface area contributed by atoms with Crippen LogP contribution in [0.1, 0.15) is 92.4 Å². The predicted molar refractivity (Wildman–Crippen MR) is 96.7 cm³/mol. The number of allylic oxidation sites excluding steroid dienone is 4. The van der Waals surface area contributed by atoms with Crippen LogP contribution in [0.2, 0.25) is 0 Å². The van der Waals surface area contributed by atoms with Crippen molar-refractivity contribution in [1.82, 2.24) is 0 Å². The summed E-state index contributed by atoms with van der Waals surface area (Å²) in [6, 6.07) is 0. The van der Waals surface area contributed by atoms with Crippen molar-refractivity contribution in [2.24, 2.45) is 5.92 Å². The molecular formula is C20H38O. The maximum absolute atomic E-state index is 11.4. The van der Waals surface area contributed by atoms with Gasteiger partial charge in [0.2, 0.25) is 0 Å². The number of unbranched alkanes of at least 4 members (excludes halogenated alkanes) is 2. The number of rotatable bonds is 7. The van der Waals surface area contributed by atoms with Gasteiger partial charge in [-0.25, -0.2) is 0 Å². The Morgan fingerprint density at radius 1 is 1.10 bits per heavy atom. The van der Waals surface area contributed by atoms with Gasteiger partial charge in [-0.15, -0.1) is 0 Å². The zero-order valence-corrected chi connectivity index (χ0v) is 15.2. The molecule has 0 aromatic carbocycles. The second-order valence-electron chi connectivity index (χ2n) is 5.30. The molecule has 0 radical (unpaired) electrons. The Kier molecular flexibility index (Phi) is 20.5. The largest absolute Gasteiger partial charge is 0.295 e. The second kappa shape index (κ2) is 19.1. The molecule has 0 saturated heterocycles. The van der Waals surface area contributed by atoms with E-state index in [2.05, 4.69) is 32.1 Å². The summed E-state index contributed by atoms with van der Waals surface area (Å²) in [5.74, 6) is 1.02. The zero-order chi connectivity index (χ0) is 16.3. The molecule has 1 heteroatoms. The molecule has 0 atom stereocenters. The lowest BCUT2D eigenvalue weighted by molar-refractivity contribution is -0.114. The van der Waals surface area contributed by atoms with Gasteiger partial charge in [0.1, 0.15) is 0 Å². The van der Waals surface area contributed by atoms with Gasteiger partial charge in [-0.1, -0.05) is 71.6 Å². The van der Waals surface area contributed by atoms with Crippen molar-refractivity contribution in [3.63, 3.8) is 0 Å². The van der Waals surface area contributed by atoms with Crippen molar-refractivity contribution >= 4 is 5.78 Å². The Morgan fingerprint density at radius 2 is 1.71 bits per heavy atom. The van der Waals surface area contributed by atoms with Crippen LogP contribution in [0.15, 0.2) is 24.3 Å². The summed E-state index contributed by atoms with van der Waals surface area (Å²) in [6.45, 7) is 10.3. The molecule has 1 aliphatic rings. The van der Waals surface area contributed by atoms with E-state index in [1.165, 1.54) is 38.5 Å². The Hall–Kier alpha value is -0.850. The molecule has 1 aliphatic carbocycles. The minimum absolute atomic E-state index is 0.324. The van der Waals surface area contributed by atoms with E-state index < -0.39 is 0 Å². The summed E-state index contributed by atoms with van der Waals surface area (Å²) in [6.07, 6.45) is 18.8. The molecule has 21 heavy (non-hydrogen) atoms. The van der Waals surface area contributed by atoms with E-state index in [0.29, 0.717) is 11.7 Å². The quantitative estimate of drug-likeness (QED) is 0.284. The van der Waals surface area contributed by atoms with Gasteiger partial charge in [0, 0.05) is 6.42 Å². The molecule has 0 unspecified atom stereocenters. The first-order valence-corrected chi connectivity index (χ1v) is 9.06. The molecule has 0 N–H and O–H groups in total. The van der Waals surface area contributed by atoms with E-state index in [1.54, 1.807) is 0 Å². The van der Waals surface area contributed by atoms with Gasteiger partial charge in [0.05, 0.1) is 0 Å². The highest BCUT2D eigenvalue weighted by Crippen LogP contribution is 2.25. The van der Waals surface area contributed by atoms with E-state index in [9.17, 15) is 4.79 Å². The van der Waals surface area contributed by atoms with Crippen LogP contribution in [0.3, 0.4) is 0 Å².